The molecule has 0 radical (unpaired) electrons. The maximum Gasteiger partial charge on any atom is 0.244 e. The maximum atomic E-state index is 12.2. The molecule has 0 atom stereocenters. The van der Waals surface area contributed by atoms with Gasteiger partial charge in [-0.2, -0.15) is 5.10 Å². The van der Waals surface area contributed by atoms with Gasteiger partial charge < -0.3 is 4.74 Å². The molecule has 0 aliphatic carbocycles. The molecule has 0 saturated carbocycles. The van der Waals surface area contributed by atoms with Crippen molar-refractivity contribution in [1.29, 1.82) is 0 Å². The molecule has 0 saturated heterocycles. The average Bonchev–Trinajstić information content (AvgIpc) is 2.64. The largest absolute Gasteiger partial charge is 0.490 e. The van der Waals surface area contributed by atoms with Crippen LogP contribution in [0.3, 0.4) is 0 Å². The van der Waals surface area contributed by atoms with Crippen molar-refractivity contribution in [2.24, 2.45) is 5.10 Å². The van der Waals surface area contributed by atoms with Gasteiger partial charge in [-0.3, -0.25) is 4.79 Å². The summed E-state index contributed by atoms with van der Waals surface area (Å²) in [6, 6.07) is 19.9. The summed E-state index contributed by atoms with van der Waals surface area (Å²) >= 11 is 0. The fraction of sp³-hybridized carbons (Fsp3) is 0.217. The van der Waals surface area contributed by atoms with E-state index in [1.807, 2.05) is 81.4 Å². The number of rotatable bonds is 6. The molecule has 0 spiro atoms. The summed E-state index contributed by atoms with van der Waals surface area (Å²) in [6.45, 7) is 5.99. The number of hydrazone groups is 1. The summed E-state index contributed by atoms with van der Waals surface area (Å²) in [7, 11) is 0. The van der Waals surface area contributed by atoms with Crippen LogP contribution in [0.4, 0.5) is 0 Å². The Balaban J connectivity index is 1.78. The molecule has 3 aromatic rings. The van der Waals surface area contributed by atoms with E-state index in [-0.39, 0.29) is 12.0 Å². The van der Waals surface area contributed by atoms with E-state index in [4.69, 9.17) is 4.74 Å². The van der Waals surface area contributed by atoms with Gasteiger partial charge in [-0.1, -0.05) is 60.2 Å². The highest BCUT2D eigenvalue weighted by Gasteiger charge is 2.09. The zero-order chi connectivity index (χ0) is 19.2. The molecule has 27 heavy (non-hydrogen) atoms. The van der Waals surface area contributed by atoms with Crippen molar-refractivity contribution in [3.05, 3.63) is 77.4 Å². The second kappa shape index (κ2) is 8.49. The number of hydrogen-bond donors (Lipinski definition) is 1. The van der Waals surface area contributed by atoms with Crippen molar-refractivity contribution in [3.8, 4) is 5.75 Å². The van der Waals surface area contributed by atoms with Crippen LogP contribution in [0.5, 0.6) is 5.75 Å². The summed E-state index contributed by atoms with van der Waals surface area (Å²) in [5.41, 5.74) is 5.61. The number of fused-ring (bicyclic) bond motifs is 1. The predicted octanol–water partition coefficient (Wildman–Crippen LogP) is 4.63. The number of benzene rings is 3. The van der Waals surface area contributed by atoms with Crippen LogP contribution in [0.25, 0.3) is 10.8 Å². The molecule has 0 bridgehead atoms. The van der Waals surface area contributed by atoms with Crippen molar-refractivity contribution in [3.63, 3.8) is 0 Å². The third-order valence-corrected chi connectivity index (χ3v) is 4.16. The molecule has 4 nitrogen and oxygen atoms in total. The molecule has 0 aromatic heterocycles. The second-order valence-corrected chi connectivity index (χ2v) is 6.82. The minimum atomic E-state index is -0.151. The quantitative estimate of drug-likeness (QED) is 0.515. The molecule has 3 aromatic carbocycles. The Bertz CT molecular complexity index is 960. The van der Waals surface area contributed by atoms with E-state index in [2.05, 4.69) is 10.5 Å². The van der Waals surface area contributed by atoms with Crippen LogP contribution in [-0.4, -0.2) is 18.2 Å². The van der Waals surface area contributed by atoms with Gasteiger partial charge >= 0.3 is 0 Å². The fourth-order valence-electron chi connectivity index (χ4n) is 2.87. The van der Waals surface area contributed by atoms with E-state index < -0.39 is 0 Å². The topological polar surface area (TPSA) is 50.7 Å². The number of nitrogens with one attached hydrogen (secondary N) is 1. The highest BCUT2D eigenvalue weighted by Crippen LogP contribution is 2.27. The molecule has 4 heteroatoms. The summed E-state index contributed by atoms with van der Waals surface area (Å²) < 4.78 is 5.91. The molecule has 3 rings (SSSR count). The Labute approximate surface area is 159 Å². The molecule has 0 heterocycles. The Morgan fingerprint density at radius 1 is 1.07 bits per heavy atom. The van der Waals surface area contributed by atoms with E-state index in [1.165, 1.54) is 5.56 Å². The first-order valence-corrected chi connectivity index (χ1v) is 9.09. The molecule has 0 aliphatic heterocycles. The second-order valence-electron chi connectivity index (χ2n) is 6.82. The third-order valence-electron chi connectivity index (χ3n) is 4.16. The molecule has 0 aliphatic rings. The van der Waals surface area contributed by atoms with Gasteiger partial charge in [-0.25, -0.2) is 5.43 Å². The molecular formula is C23H24N2O2. The highest BCUT2D eigenvalue weighted by molar-refractivity contribution is 6.02. The van der Waals surface area contributed by atoms with Crippen LogP contribution >= 0.6 is 0 Å². The SMILES string of the molecule is Cc1ccc(CC(=O)N/N=C\c2c(OC(C)C)ccc3ccccc23)cc1. The Kier molecular flexibility index (Phi) is 5.87. The normalized spacial score (nSPS) is 11.3. The minimum absolute atomic E-state index is 0.0504. The predicted molar refractivity (Wildman–Crippen MR) is 110 cm³/mol. The molecule has 0 unspecified atom stereocenters. The Morgan fingerprint density at radius 2 is 1.81 bits per heavy atom. The lowest BCUT2D eigenvalue weighted by Gasteiger charge is -2.14. The lowest BCUT2D eigenvalue weighted by Crippen LogP contribution is -2.19. The monoisotopic (exact) mass is 360 g/mol. The van der Waals surface area contributed by atoms with Crippen molar-refractivity contribution < 1.29 is 9.53 Å². The van der Waals surface area contributed by atoms with Gasteiger partial charge in [0.15, 0.2) is 0 Å². The van der Waals surface area contributed by atoms with Crippen LogP contribution in [0.2, 0.25) is 0 Å². The van der Waals surface area contributed by atoms with Gasteiger partial charge in [-0.05, 0) is 43.2 Å². The van der Waals surface area contributed by atoms with Gasteiger partial charge in [0, 0.05) is 5.56 Å². The van der Waals surface area contributed by atoms with Gasteiger partial charge in [-0.15, -0.1) is 0 Å². The van der Waals surface area contributed by atoms with Crippen LogP contribution in [0, 0.1) is 6.92 Å². The summed E-state index contributed by atoms with van der Waals surface area (Å²) in [5, 5.41) is 6.30. The van der Waals surface area contributed by atoms with Gasteiger partial charge in [0.05, 0.1) is 18.7 Å². The molecular weight excluding hydrogens is 336 g/mol. The summed E-state index contributed by atoms with van der Waals surface area (Å²) in [4.78, 5) is 12.2. The molecule has 1 N–H and O–H groups in total. The maximum absolute atomic E-state index is 12.2. The first-order valence-electron chi connectivity index (χ1n) is 9.09. The number of ether oxygens (including phenoxy) is 1. The van der Waals surface area contributed by atoms with Gasteiger partial charge in [0.25, 0.3) is 0 Å². The number of carbonyl (C=O) groups is 1. The van der Waals surface area contributed by atoms with Crippen LogP contribution in [0.1, 0.15) is 30.5 Å². The zero-order valence-electron chi connectivity index (χ0n) is 15.9. The standard InChI is InChI=1S/C23H24N2O2/c1-16(2)27-22-13-12-19-6-4-5-7-20(19)21(22)15-24-25-23(26)14-18-10-8-17(3)9-11-18/h4-13,15-16H,14H2,1-3H3,(H,25,26)/b24-15-. The number of nitrogens with zero attached hydrogens (tertiary/aromatic N) is 1. The van der Waals surface area contributed by atoms with Crippen molar-refractivity contribution >= 4 is 22.9 Å². The average molecular weight is 360 g/mol. The van der Waals surface area contributed by atoms with Crippen LogP contribution in [-0.2, 0) is 11.2 Å². The van der Waals surface area contributed by atoms with E-state index >= 15 is 0 Å². The van der Waals surface area contributed by atoms with Crippen LogP contribution < -0.4 is 10.2 Å². The van der Waals surface area contributed by atoms with E-state index in [0.29, 0.717) is 6.42 Å². The fourth-order valence-corrected chi connectivity index (χ4v) is 2.87. The van der Waals surface area contributed by atoms with E-state index in [9.17, 15) is 4.79 Å². The van der Waals surface area contributed by atoms with Crippen molar-refractivity contribution in [1.82, 2.24) is 5.43 Å². The lowest BCUT2D eigenvalue weighted by atomic mass is 10.0. The minimum Gasteiger partial charge on any atom is -0.490 e. The first-order chi connectivity index (χ1) is 13.0. The Hall–Kier alpha value is -3.14. The van der Waals surface area contributed by atoms with Gasteiger partial charge in [0.1, 0.15) is 5.75 Å². The number of hydrogen-bond acceptors (Lipinski definition) is 3. The summed E-state index contributed by atoms with van der Waals surface area (Å²) in [6.07, 6.45) is 2.00. The first kappa shape index (κ1) is 18.6. The number of aryl methyl sites for hydroxylation is 1. The number of carbonyl (C=O) groups excluding carboxylic acids is 1. The third kappa shape index (κ3) is 4.94. The van der Waals surface area contributed by atoms with Gasteiger partial charge in [0.2, 0.25) is 5.91 Å². The summed E-state index contributed by atoms with van der Waals surface area (Å²) in [5.74, 6) is 0.599. The molecule has 138 valence electrons. The smallest absolute Gasteiger partial charge is 0.244 e. The highest BCUT2D eigenvalue weighted by atomic mass is 16.5. The zero-order valence-corrected chi connectivity index (χ0v) is 15.9. The number of amides is 1. The van der Waals surface area contributed by atoms with E-state index in [1.54, 1.807) is 6.21 Å². The molecule has 1 amide bonds. The Morgan fingerprint density at radius 3 is 2.56 bits per heavy atom. The van der Waals surface area contributed by atoms with Crippen LogP contribution in [0.15, 0.2) is 65.8 Å². The van der Waals surface area contributed by atoms with Crippen molar-refractivity contribution in [2.45, 2.75) is 33.3 Å². The lowest BCUT2D eigenvalue weighted by molar-refractivity contribution is -0.120. The van der Waals surface area contributed by atoms with E-state index in [0.717, 1.165) is 27.6 Å². The van der Waals surface area contributed by atoms with Crippen molar-refractivity contribution in [2.75, 3.05) is 0 Å². The molecule has 0 fully saturated rings.